The summed E-state index contributed by atoms with van der Waals surface area (Å²) in [7, 11) is -4.06. The monoisotopic (exact) mass is 334 g/mol. The lowest BCUT2D eigenvalue weighted by molar-refractivity contribution is 0.0467. The molecule has 0 heterocycles. The lowest BCUT2D eigenvalue weighted by Gasteiger charge is -2.07. The van der Waals surface area contributed by atoms with Gasteiger partial charge in [0.2, 0.25) is 10.0 Å². The SMILES string of the molecule is N#Cc1ccc(COC(=O)c2cc(S(N)(=O)=O)ccc2F)cc1. The smallest absolute Gasteiger partial charge is 0.341 e. The number of carbonyl (C=O) groups excluding carboxylic acids is 1. The second kappa shape index (κ2) is 6.56. The second-order valence-corrected chi connectivity index (χ2v) is 6.13. The maximum Gasteiger partial charge on any atom is 0.341 e. The maximum atomic E-state index is 13.7. The molecule has 0 saturated heterocycles. The first-order valence-electron chi connectivity index (χ1n) is 6.30. The number of carbonyl (C=O) groups is 1. The molecule has 6 nitrogen and oxygen atoms in total. The van der Waals surface area contributed by atoms with Crippen LogP contribution < -0.4 is 5.14 Å². The van der Waals surface area contributed by atoms with Gasteiger partial charge in [0.25, 0.3) is 0 Å². The molecule has 2 aromatic rings. The minimum absolute atomic E-state index is 0.149. The molecule has 0 atom stereocenters. The lowest BCUT2D eigenvalue weighted by Crippen LogP contribution is -2.14. The van der Waals surface area contributed by atoms with Gasteiger partial charge in [-0.15, -0.1) is 0 Å². The average molecular weight is 334 g/mol. The summed E-state index contributed by atoms with van der Waals surface area (Å²) in [5, 5.41) is 13.6. The van der Waals surface area contributed by atoms with Gasteiger partial charge in [-0.3, -0.25) is 0 Å². The number of rotatable bonds is 4. The summed E-state index contributed by atoms with van der Waals surface area (Å²) in [5.74, 6) is -1.93. The largest absolute Gasteiger partial charge is 0.457 e. The molecule has 0 aliphatic carbocycles. The van der Waals surface area contributed by atoms with Crippen LogP contribution in [0.15, 0.2) is 47.4 Å². The van der Waals surface area contributed by atoms with Crippen LogP contribution in [0.5, 0.6) is 0 Å². The number of nitriles is 1. The van der Waals surface area contributed by atoms with E-state index in [1.54, 1.807) is 24.3 Å². The van der Waals surface area contributed by atoms with E-state index in [9.17, 15) is 17.6 Å². The van der Waals surface area contributed by atoms with Crippen LogP contribution in [0.25, 0.3) is 0 Å². The average Bonchev–Trinajstić information content (AvgIpc) is 2.52. The Balaban J connectivity index is 2.15. The summed E-state index contributed by atoms with van der Waals surface area (Å²) in [6, 6.07) is 10.8. The lowest BCUT2D eigenvalue weighted by atomic mass is 10.1. The molecule has 0 saturated carbocycles. The van der Waals surface area contributed by atoms with Crippen molar-refractivity contribution in [2.75, 3.05) is 0 Å². The zero-order valence-electron chi connectivity index (χ0n) is 11.7. The van der Waals surface area contributed by atoms with Gasteiger partial charge in [-0.25, -0.2) is 22.7 Å². The fraction of sp³-hybridized carbons (Fsp3) is 0.0667. The minimum atomic E-state index is -4.06. The predicted molar refractivity (Wildman–Crippen MR) is 78.0 cm³/mol. The summed E-state index contributed by atoms with van der Waals surface area (Å²) in [4.78, 5) is 11.5. The van der Waals surface area contributed by atoms with Crippen LogP contribution in [0.4, 0.5) is 4.39 Å². The van der Waals surface area contributed by atoms with Crippen molar-refractivity contribution < 1.29 is 22.3 Å². The topological polar surface area (TPSA) is 110 Å². The Morgan fingerprint density at radius 2 is 1.87 bits per heavy atom. The molecule has 0 unspecified atom stereocenters. The molecule has 0 aliphatic heterocycles. The molecule has 0 aromatic heterocycles. The molecule has 0 aliphatic rings. The van der Waals surface area contributed by atoms with Gasteiger partial charge in [-0.05, 0) is 35.9 Å². The van der Waals surface area contributed by atoms with Gasteiger partial charge in [-0.2, -0.15) is 5.26 Å². The normalized spacial score (nSPS) is 10.8. The summed E-state index contributed by atoms with van der Waals surface area (Å²) in [6.45, 7) is -0.149. The number of nitrogens with zero attached hydrogens (tertiary/aromatic N) is 1. The Hall–Kier alpha value is -2.76. The van der Waals surface area contributed by atoms with E-state index in [1.165, 1.54) is 0 Å². The third-order valence-corrected chi connectivity index (χ3v) is 3.85. The Bertz CT molecular complexity index is 887. The molecule has 23 heavy (non-hydrogen) atoms. The number of halogens is 1. The molecule has 0 bridgehead atoms. The van der Waals surface area contributed by atoms with Crippen molar-refractivity contribution in [2.24, 2.45) is 5.14 Å². The number of benzene rings is 2. The zero-order valence-corrected chi connectivity index (χ0v) is 12.5. The molecule has 0 radical (unpaired) electrons. The molecule has 2 N–H and O–H groups in total. The van der Waals surface area contributed by atoms with Gasteiger partial charge >= 0.3 is 5.97 Å². The number of esters is 1. The molecule has 2 aromatic carbocycles. The van der Waals surface area contributed by atoms with Crippen LogP contribution in [0, 0.1) is 17.1 Å². The number of ether oxygens (including phenoxy) is 1. The van der Waals surface area contributed by atoms with Gasteiger partial charge in [0.15, 0.2) is 0 Å². The van der Waals surface area contributed by atoms with Crippen molar-refractivity contribution in [3.63, 3.8) is 0 Å². The van der Waals surface area contributed by atoms with E-state index in [1.807, 2.05) is 6.07 Å². The third kappa shape index (κ3) is 4.12. The first-order chi connectivity index (χ1) is 10.8. The summed E-state index contributed by atoms with van der Waals surface area (Å²) >= 11 is 0. The number of sulfonamides is 1. The Labute approximate surface area is 132 Å². The highest BCUT2D eigenvalue weighted by Gasteiger charge is 2.18. The molecule has 0 spiro atoms. The predicted octanol–water partition coefficient (Wildman–Crippen LogP) is 1.70. The van der Waals surface area contributed by atoms with E-state index in [-0.39, 0.29) is 11.5 Å². The van der Waals surface area contributed by atoms with Gasteiger partial charge < -0.3 is 4.74 Å². The van der Waals surface area contributed by atoms with Gasteiger partial charge in [0, 0.05) is 0 Å². The van der Waals surface area contributed by atoms with Crippen LogP contribution in [0.2, 0.25) is 0 Å². The fourth-order valence-electron chi connectivity index (χ4n) is 1.74. The number of hydrogen-bond acceptors (Lipinski definition) is 5. The maximum absolute atomic E-state index is 13.7. The highest BCUT2D eigenvalue weighted by molar-refractivity contribution is 7.89. The van der Waals surface area contributed by atoms with Crippen LogP contribution in [-0.2, 0) is 21.4 Å². The summed E-state index contributed by atoms with van der Waals surface area (Å²) in [5.41, 5.74) is 0.525. The Kier molecular flexibility index (Phi) is 4.74. The number of nitrogens with two attached hydrogens (primary N) is 1. The minimum Gasteiger partial charge on any atom is -0.457 e. The number of hydrogen-bond donors (Lipinski definition) is 1. The molecule has 0 fully saturated rings. The van der Waals surface area contributed by atoms with Crippen LogP contribution in [0.3, 0.4) is 0 Å². The van der Waals surface area contributed by atoms with Crippen molar-refractivity contribution >= 4 is 16.0 Å². The Morgan fingerprint density at radius 1 is 1.22 bits per heavy atom. The van der Waals surface area contributed by atoms with E-state index in [2.05, 4.69) is 0 Å². The molecule has 0 amide bonds. The van der Waals surface area contributed by atoms with Gasteiger partial charge in [0.05, 0.1) is 22.1 Å². The van der Waals surface area contributed by atoms with Crippen molar-refractivity contribution in [2.45, 2.75) is 11.5 Å². The summed E-state index contributed by atoms with van der Waals surface area (Å²) < 4.78 is 41.1. The Morgan fingerprint density at radius 3 is 2.43 bits per heavy atom. The van der Waals surface area contributed by atoms with Crippen LogP contribution in [-0.4, -0.2) is 14.4 Å². The van der Waals surface area contributed by atoms with Crippen molar-refractivity contribution in [3.8, 4) is 6.07 Å². The second-order valence-electron chi connectivity index (χ2n) is 4.57. The standard InChI is InChI=1S/C15H11FN2O4S/c16-14-6-5-12(23(18,20)21)7-13(14)15(19)22-9-11-3-1-10(8-17)2-4-11/h1-7H,9H2,(H2,18,20,21). The van der Waals surface area contributed by atoms with Crippen molar-refractivity contribution in [1.82, 2.24) is 0 Å². The van der Waals surface area contributed by atoms with Crippen LogP contribution in [0.1, 0.15) is 21.5 Å². The van der Waals surface area contributed by atoms with E-state index in [0.29, 0.717) is 11.1 Å². The molecular weight excluding hydrogens is 323 g/mol. The molecule has 2 rings (SSSR count). The molecular formula is C15H11FN2O4S. The first kappa shape index (κ1) is 16.6. The number of primary sulfonamides is 1. The van der Waals surface area contributed by atoms with E-state index in [4.69, 9.17) is 15.1 Å². The van der Waals surface area contributed by atoms with Crippen LogP contribution >= 0.6 is 0 Å². The molecule has 8 heteroatoms. The fourth-order valence-corrected chi connectivity index (χ4v) is 2.28. The third-order valence-electron chi connectivity index (χ3n) is 2.94. The molecule has 118 valence electrons. The van der Waals surface area contributed by atoms with Gasteiger partial charge in [-0.1, -0.05) is 12.1 Å². The van der Waals surface area contributed by atoms with E-state index >= 15 is 0 Å². The van der Waals surface area contributed by atoms with Gasteiger partial charge in [0.1, 0.15) is 12.4 Å². The van der Waals surface area contributed by atoms with E-state index < -0.39 is 27.4 Å². The highest BCUT2D eigenvalue weighted by atomic mass is 32.2. The zero-order chi connectivity index (χ0) is 17.0. The summed E-state index contributed by atoms with van der Waals surface area (Å²) in [6.07, 6.45) is 0. The van der Waals surface area contributed by atoms with Crippen molar-refractivity contribution in [1.29, 1.82) is 5.26 Å². The van der Waals surface area contributed by atoms with E-state index in [0.717, 1.165) is 18.2 Å². The first-order valence-corrected chi connectivity index (χ1v) is 7.84. The quantitative estimate of drug-likeness (QED) is 0.856. The van der Waals surface area contributed by atoms with Crippen molar-refractivity contribution in [3.05, 3.63) is 65.0 Å². The highest BCUT2D eigenvalue weighted by Crippen LogP contribution is 2.16.